The number of nitrogens with two attached hydrogens (primary N) is 2. The molecule has 2 fully saturated rings. The Kier molecular flexibility index (Phi) is 7.91. The van der Waals surface area contributed by atoms with Crippen molar-refractivity contribution in [1.29, 1.82) is 0 Å². The third kappa shape index (κ3) is 4.91. The zero-order valence-electron chi connectivity index (χ0n) is 23.2. The summed E-state index contributed by atoms with van der Waals surface area (Å²) in [5.41, 5.74) is 12.4. The van der Waals surface area contributed by atoms with E-state index in [4.69, 9.17) is 25.2 Å². The molecule has 0 aliphatic carbocycles. The van der Waals surface area contributed by atoms with E-state index in [9.17, 15) is 14.5 Å². The van der Waals surface area contributed by atoms with Crippen molar-refractivity contribution in [1.82, 2.24) is 10.2 Å². The summed E-state index contributed by atoms with van der Waals surface area (Å²) in [5, 5.41) is 2.58. The molecule has 3 aromatic rings. The molecule has 2 aliphatic heterocycles. The summed E-state index contributed by atoms with van der Waals surface area (Å²) < 4.78 is 17.0. The molecule has 216 valence electrons. The van der Waals surface area contributed by atoms with Crippen LogP contribution in [0.1, 0.15) is 37.0 Å². The predicted molar refractivity (Wildman–Crippen MR) is 154 cm³/mol. The van der Waals surface area contributed by atoms with Gasteiger partial charge in [0.2, 0.25) is 20.3 Å². The lowest BCUT2D eigenvalue weighted by Gasteiger charge is -2.54. The van der Waals surface area contributed by atoms with Crippen LogP contribution in [0.15, 0.2) is 84.9 Å². The summed E-state index contributed by atoms with van der Waals surface area (Å²) >= 11 is 0. The van der Waals surface area contributed by atoms with Crippen molar-refractivity contribution < 1.29 is 28.5 Å². The van der Waals surface area contributed by atoms with Crippen molar-refractivity contribution in [3.63, 3.8) is 0 Å². The number of nitrogens with one attached hydrogen (secondary N) is 1. The maximum Gasteiger partial charge on any atom is 0.327 e. The first-order valence-electron chi connectivity index (χ1n) is 13.3. The number of hydrogen-bond donors (Lipinski definition) is 4. The van der Waals surface area contributed by atoms with Gasteiger partial charge in [0.05, 0.1) is 30.1 Å². The van der Waals surface area contributed by atoms with Crippen molar-refractivity contribution in [3.05, 3.63) is 102 Å². The van der Waals surface area contributed by atoms with Gasteiger partial charge in [0.25, 0.3) is 0 Å². The lowest BCUT2D eigenvalue weighted by molar-refractivity contribution is -0.155. The minimum atomic E-state index is -2.17. The number of carbonyl (C=O) groups excluding carboxylic acids is 2. The number of hydrogen-bond acceptors (Lipinski definition) is 8. The van der Waals surface area contributed by atoms with Gasteiger partial charge in [-0.2, -0.15) is 0 Å². The van der Waals surface area contributed by atoms with Crippen LogP contribution in [-0.2, 0) is 19.5 Å². The van der Waals surface area contributed by atoms with Gasteiger partial charge >= 0.3 is 6.03 Å². The highest BCUT2D eigenvalue weighted by atomic mass is 31.2. The topological polar surface area (TPSA) is 149 Å². The normalized spacial score (nSPS) is 27.4. The van der Waals surface area contributed by atoms with Gasteiger partial charge in [-0.1, -0.05) is 72.8 Å². The second-order valence-electron chi connectivity index (χ2n) is 10.7. The molecule has 10 nitrogen and oxygen atoms in total. The van der Waals surface area contributed by atoms with Crippen LogP contribution in [0.3, 0.4) is 0 Å². The number of rotatable bonds is 8. The highest BCUT2D eigenvalue weighted by molar-refractivity contribution is 7.43. The molecule has 41 heavy (non-hydrogen) atoms. The first kappa shape index (κ1) is 29.1. The van der Waals surface area contributed by atoms with E-state index in [0.717, 1.165) is 16.7 Å². The fraction of sp³-hybridized carbons (Fsp3) is 0.333. The molecule has 0 radical (unpaired) electrons. The van der Waals surface area contributed by atoms with Gasteiger partial charge in [-0.15, -0.1) is 0 Å². The van der Waals surface area contributed by atoms with Gasteiger partial charge in [-0.3, -0.25) is 26.2 Å². The van der Waals surface area contributed by atoms with Gasteiger partial charge in [0.15, 0.2) is 0 Å². The fourth-order valence-electron chi connectivity index (χ4n) is 6.37. The summed E-state index contributed by atoms with van der Waals surface area (Å²) in [7, 11) is -0.569. The smallest absolute Gasteiger partial charge is 0.327 e. The van der Waals surface area contributed by atoms with Crippen LogP contribution < -0.4 is 21.3 Å². The molecule has 6 N–H and O–H groups in total. The van der Waals surface area contributed by atoms with Crippen molar-refractivity contribution in [3.8, 4) is 5.75 Å². The molecular weight excluding hydrogens is 543 g/mol. The molecule has 0 spiro atoms. The third-order valence-electron chi connectivity index (χ3n) is 8.31. The minimum Gasteiger partial charge on any atom is -0.497 e. The SMILES string of the molecule is COc1ccc(C(c2ccccc2)(c2ccccc2)C2(C)CN([C@@]3(N)C[C@H](OP(N)O)[C@@H](C)O3)C(=O)NC2=O)cc1. The monoisotopic (exact) mass is 578 g/mol. The zero-order valence-corrected chi connectivity index (χ0v) is 24.1. The van der Waals surface area contributed by atoms with E-state index in [2.05, 4.69) is 5.32 Å². The first-order valence-corrected chi connectivity index (χ1v) is 14.6. The maximum atomic E-state index is 14.2. The minimum absolute atomic E-state index is 0.0503. The molecule has 5 rings (SSSR count). The summed E-state index contributed by atoms with van der Waals surface area (Å²) in [5.74, 6) is -1.41. The summed E-state index contributed by atoms with van der Waals surface area (Å²) in [6.45, 7) is 3.49. The van der Waals surface area contributed by atoms with Crippen LogP contribution >= 0.6 is 8.53 Å². The van der Waals surface area contributed by atoms with Gasteiger partial charge in [-0.25, -0.2) is 4.79 Å². The molecule has 2 saturated heterocycles. The summed E-state index contributed by atoms with van der Waals surface area (Å²) in [6, 6.07) is 26.4. The van der Waals surface area contributed by atoms with Crippen molar-refractivity contribution in [2.45, 2.75) is 43.7 Å². The number of methoxy groups -OCH3 is 1. The number of imide groups is 1. The lowest BCUT2D eigenvalue weighted by Crippen LogP contribution is -2.73. The van der Waals surface area contributed by atoms with E-state index in [1.807, 2.05) is 91.9 Å². The average molecular weight is 579 g/mol. The highest BCUT2D eigenvalue weighted by Gasteiger charge is 2.62. The molecule has 5 atom stereocenters. The quantitative estimate of drug-likeness (QED) is 0.234. The largest absolute Gasteiger partial charge is 0.497 e. The van der Waals surface area contributed by atoms with E-state index >= 15 is 0 Å². The fourth-order valence-corrected chi connectivity index (χ4v) is 6.89. The van der Waals surface area contributed by atoms with E-state index in [0.29, 0.717) is 5.75 Å². The van der Waals surface area contributed by atoms with Crippen LogP contribution in [0.25, 0.3) is 0 Å². The number of nitrogens with zero attached hydrogens (tertiary/aromatic N) is 1. The standard InChI is InChI=1S/C30H35N4O6P/c1-20-25(40-41(32)37)18-29(31,39-20)34-19-28(2,26(35)33-27(34)36)30(21-10-6-4-7-11-21,22-12-8-5-9-13-22)23-14-16-24(38-3)17-15-23/h4-17,20,25,37H,18-19,31-32H2,1-3H3,(H,33,35,36)/t20-,25+,28?,29+,41?/m1/s1. The van der Waals surface area contributed by atoms with Crippen LogP contribution in [-0.4, -0.2) is 53.4 Å². The molecule has 3 amide bonds. The number of benzene rings is 3. The lowest BCUT2D eigenvalue weighted by atomic mass is 9.53. The molecule has 2 aliphatic rings. The summed E-state index contributed by atoms with van der Waals surface area (Å²) in [6.07, 6.45) is -1.16. The Hall–Kier alpha value is -3.37. The number of carbonyl (C=O) groups is 2. The van der Waals surface area contributed by atoms with Gasteiger partial charge in [0, 0.05) is 13.0 Å². The Morgan fingerprint density at radius 2 is 1.54 bits per heavy atom. The van der Waals surface area contributed by atoms with Crippen LogP contribution in [0, 0.1) is 5.41 Å². The van der Waals surface area contributed by atoms with Gasteiger partial charge in [0.1, 0.15) is 5.75 Å². The molecule has 0 saturated carbocycles. The van der Waals surface area contributed by atoms with Gasteiger partial charge < -0.3 is 18.9 Å². The Morgan fingerprint density at radius 1 is 1.00 bits per heavy atom. The van der Waals surface area contributed by atoms with E-state index in [1.54, 1.807) is 14.0 Å². The molecule has 2 unspecified atom stereocenters. The van der Waals surface area contributed by atoms with Crippen LogP contribution in [0.5, 0.6) is 5.75 Å². The van der Waals surface area contributed by atoms with Crippen LogP contribution in [0.4, 0.5) is 4.79 Å². The molecule has 2 heterocycles. The maximum absolute atomic E-state index is 14.2. The Balaban J connectivity index is 1.72. The Bertz CT molecular complexity index is 1350. The highest BCUT2D eigenvalue weighted by Crippen LogP contribution is 2.54. The predicted octanol–water partition coefficient (Wildman–Crippen LogP) is 3.57. The van der Waals surface area contributed by atoms with Gasteiger partial charge in [-0.05, 0) is 42.7 Å². The van der Waals surface area contributed by atoms with E-state index < -0.39 is 49.4 Å². The summed E-state index contributed by atoms with van der Waals surface area (Å²) in [4.78, 5) is 38.7. The van der Waals surface area contributed by atoms with Crippen molar-refractivity contribution in [2.24, 2.45) is 16.7 Å². The molecule has 11 heteroatoms. The van der Waals surface area contributed by atoms with Crippen molar-refractivity contribution >= 4 is 20.5 Å². The van der Waals surface area contributed by atoms with E-state index in [-0.39, 0.29) is 13.0 Å². The van der Waals surface area contributed by atoms with Crippen molar-refractivity contribution in [2.75, 3.05) is 13.7 Å². The Labute approximate surface area is 240 Å². The van der Waals surface area contributed by atoms with E-state index in [1.165, 1.54) is 4.90 Å². The zero-order chi connectivity index (χ0) is 29.4. The number of urea groups is 1. The number of amides is 3. The molecule has 0 bridgehead atoms. The first-order chi connectivity index (χ1) is 19.5. The second-order valence-corrected chi connectivity index (χ2v) is 11.5. The third-order valence-corrected chi connectivity index (χ3v) is 8.80. The second kappa shape index (κ2) is 11.1. The molecule has 3 aromatic carbocycles. The van der Waals surface area contributed by atoms with Crippen LogP contribution in [0.2, 0.25) is 0 Å². The number of ether oxygens (including phenoxy) is 2. The molecule has 0 aromatic heterocycles. The Morgan fingerprint density at radius 3 is 2.05 bits per heavy atom. The average Bonchev–Trinajstić information content (AvgIpc) is 3.25. The molecular formula is C30H35N4O6P.